The van der Waals surface area contributed by atoms with E-state index in [2.05, 4.69) is 46.3 Å². The lowest BCUT2D eigenvalue weighted by atomic mass is 10.1. The average Bonchev–Trinajstić information content (AvgIpc) is 3.02. The van der Waals surface area contributed by atoms with Gasteiger partial charge in [-0.3, -0.25) is 4.90 Å². The molecule has 0 aromatic heterocycles. The highest BCUT2D eigenvalue weighted by molar-refractivity contribution is 14.0. The Morgan fingerprint density at radius 3 is 2.52 bits per heavy atom. The molecule has 2 aliphatic rings. The predicted molar refractivity (Wildman–Crippen MR) is 132 cm³/mol. The highest BCUT2D eigenvalue weighted by Crippen LogP contribution is 2.19. The third-order valence-electron chi connectivity index (χ3n) is 5.93. The molecule has 6 heteroatoms. The lowest BCUT2D eigenvalue weighted by Gasteiger charge is -2.23. The van der Waals surface area contributed by atoms with Gasteiger partial charge in [0.25, 0.3) is 0 Å². The summed E-state index contributed by atoms with van der Waals surface area (Å²) < 4.78 is 5.35. The molecule has 1 aromatic rings. The van der Waals surface area contributed by atoms with Gasteiger partial charge in [-0.25, -0.2) is 4.99 Å². The van der Waals surface area contributed by atoms with Gasteiger partial charge in [-0.2, -0.15) is 0 Å². The highest BCUT2D eigenvalue weighted by Gasteiger charge is 2.24. The van der Waals surface area contributed by atoms with Crippen molar-refractivity contribution in [3.05, 3.63) is 35.4 Å². The van der Waals surface area contributed by atoms with Gasteiger partial charge in [0.1, 0.15) is 0 Å². The van der Waals surface area contributed by atoms with Crippen LogP contribution in [-0.4, -0.2) is 62.2 Å². The van der Waals surface area contributed by atoms with Gasteiger partial charge >= 0.3 is 0 Å². The zero-order chi connectivity index (χ0) is 19.6. The van der Waals surface area contributed by atoms with Crippen molar-refractivity contribution in [2.75, 3.05) is 46.4 Å². The van der Waals surface area contributed by atoms with Crippen LogP contribution >= 0.6 is 24.0 Å². The minimum Gasteiger partial charge on any atom is -0.384 e. The molecular formula is C23H39IN4O. The number of ether oxygens (including phenoxy) is 1. The molecule has 2 heterocycles. The van der Waals surface area contributed by atoms with E-state index in [1.54, 1.807) is 7.11 Å². The monoisotopic (exact) mass is 514 g/mol. The first-order valence-electron chi connectivity index (χ1n) is 11.1. The van der Waals surface area contributed by atoms with Crippen LogP contribution in [-0.2, 0) is 17.8 Å². The molecule has 1 N–H and O–H groups in total. The molecule has 1 aromatic carbocycles. The van der Waals surface area contributed by atoms with E-state index in [-0.39, 0.29) is 24.0 Å². The molecule has 0 amide bonds. The molecule has 3 rings (SSSR count). The molecule has 29 heavy (non-hydrogen) atoms. The lowest BCUT2D eigenvalue weighted by Crippen LogP contribution is -2.40. The average molecular weight is 514 g/mol. The van der Waals surface area contributed by atoms with Gasteiger partial charge in [0, 0.05) is 39.2 Å². The SMILES string of the molecule is CCNC(=NCc1ccccc1CN1CCCCCC1)N1CCC(COC)C1.I. The van der Waals surface area contributed by atoms with E-state index < -0.39 is 0 Å². The third-order valence-corrected chi connectivity index (χ3v) is 5.93. The zero-order valence-electron chi connectivity index (χ0n) is 18.2. The van der Waals surface area contributed by atoms with E-state index in [4.69, 9.17) is 9.73 Å². The fourth-order valence-electron chi connectivity index (χ4n) is 4.38. The second-order valence-corrected chi connectivity index (χ2v) is 8.19. The first kappa shape index (κ1) is 24.4. The Balaban J connectivity index is 0.00000300. The molecule has 2 fully saturated rings. The molecular weight excluding hydrogens is 475 g/mol. The van der Waals surface area contributed by atoms with Crippen LogP contribution in [0.3, 0.4) is 0 Å². The van der Waals surface area contributed by atoms with Gasteiger partial charge in [-0.1, -0.05) is 37.1 Å². The third kappa shape index (κ3) is 7.72. The molecule has 0 spiro atoms. The summed E-state index contributed by atoms with van der Waals surface area (Å²) in [4.78, 5) is 10.0. The van der Waals surface area contributed by atoms with Crippen molar-refractivity contribution in [3.63, 3.8) is 0 Å². The smallest absolute Gasteiger partial charge is 0.194 e. The Hall–Kier alpha value is -0.860. The summed E-state index contributed by atoms with van der Waals surface area (Å²) in [6.45, 7) is 10.3. The Bertz CT molecular complexity index is 617. The number of likely N-dealkylation sites (tertiary alicyclic amines) is 2. The summed E-state index contributed by atoms with van der Waals surface area (Å²) in [6.07, 6.45) is 6.62. The summed E-state index contributed by atoms with van der Waals surface area (Å²) in [5.41, 5.74) is 2.79. The fraction of sp³-hybridized carbons (Fsp3) is 0.696. The van der Waals surface area contributed by atoms with Crippen LogP contribution in [0.2, 0.25) is 0 Å². The molecule has 0 radical (unpaired) electrons. The number of hydrogen-bond donors (Lipinski definition) is 1. The van der Waals surface area contributed by atoms with E-state index in [1.165, 1.54) is 56.3 Å². The Morgan fingerprint density at radius 1 is 1.10 bits per heavy atom. The van der Waals surface area contributed by atoms with Crippen LogP contribution in [0.15, 0.2) is 29.3 Å². The molecule has 164 valence electrons. The molecule has 1 unspecified atom stereocenters. The molecule has 0 aliphatic carbocycles. The van der Waals surface area contributed by atoms with E-state index in [1.807, 2.05) is 0 Å². The van der Waals surface area contributed by atoms with E-state index >= 15 is 0 Å². The van der Waals surface area contributed by atoms with Gasteiger partial charge < -0.3 is 15.0 Å². The van der Waals surface area contributed by atoms with E-state index in [9.17, 15) is 0 Å². The standard InChI is InChI=1S/C23H38N4O.HI/c1-3-24-23(27-15-12-20(17-27)19-28-2)25-16-21-10-6-7-11-22(21)18-26-13-8-4-5-9-14-26;/h6-7,10-11,20H,3-5,8-9,12-19H2,1-2H3,(H,24,25);1H. The van der Waals surface area contributed by atoms with Gasteiger partial charge in [-0.05, 0) is 50.4 Å². The van der Waals surface area contributed by atoms with Gasteiger partial charge in [0.15, 0.2) is 5.96 Å². The first-order valence-corrected chi connectivity index (χ1v) is 11.1. The largest absolute Gasteiger partial charge is 0.384 e. The number of halogens is 1. The van der Waals surface area contributed by atoms with Crippen LogP contribution in [0.25, 0.3) is 0 Å². The molecule has 2 aliphatic heterocycles. The minimum atomic E-state index is 0. The first-order chi connectivity index (χ1) is 13.8. The number of nitrogens with one attached hydrogen (secondary N) is 1. The van der Waals surface area contributed by atoms with Crippen LogP contribution in [0.1, 0.15) is 50.2 Å². The van der Waals surface area contributed by atoms with Crippen molar-refractivity contribution in [3.8, 4) is 0 Å². The van der Waals surface area contributed by atoms with Gasteiger partial charge in [0.05, 0.1) is 13.2 Å². The van der Waals surface area contributed by atoms with Crippen molar-refractivity contribution < 1.29 is 4.74 Å². The maximum Gasteiger partial charge on any atom is 0.194 e. The summed E-state index contributed by atoms with van der Waals surface area (Å²) in [6, 6.07) is 8.85. The zero-order valence-corrected chi connectivity index (χ0v) is 20.6. The van der Waals surface area contributed by atoms with Crippen LogP contribution in [0, 0.1) is 5.92 Å². The number of guanidine groups is 1. The Labute approximate surface area is 194 Å². The summed E-state index contributed by atoms with van der Waals surface area (Å²) in [5.74, 6) is 1.66. The summed E-state index contributed by atoms with van der Waals surface area (Å²) >= 11 is 0. The summed E-state index contributed by atoms with van der Waals surface area (Å²) in [5, 5.41) is 3.49. The lowest BCUT2D eigenvalue weighted by molar-refractivity contribution is 0.157. The summed E-state index contributed by atoms with van der Waals surface area (Å²) in [7, 11) is 1.79. The van der Waals surface area contributed by atoms with E-state index in [0.717, 1.165) is 45.3 Å². The Kier molecular flexibility index (Phi) is 11.3. The van der Waals surface area contributed by atoms with E-state index in [0.29, 0.717) is 5.92 Å². The number of hydrogen-bond acceptors (Lipinski definition) is 3. The topological polar surface area (TPSA) is 40.1 Å². The fourth-order valence-corrected chi connectivity index (χ4v) is 4.38. The van der Waals surface area contributed by atoms with Crippen molar-refractivity contribution in [2.45, 2.75) is 52.1 Å². The number of benzene rings is 1. The normalized spacial score (nSPS) is 21.0. The maximum atomic E-state index is 5.35. The molecule has 1 atom stereocenters. The number of methoxy groups -OCH3 is 1. The predicted octanol–water partition coefficient (Wildman–Crippen LogP) is 4.11. The number of aliphatic imine (C=N–C) groups is 1. The number of rotatable bonds is 7. The molecule has 2 saturated heterocycles. The molecule has 0 bridgehead atoms. The van der Waals surface area contributed by atoms with Gasteiger partial charge in [0.2, 0.25) is 0 Å². The molecule has 0 saturated carbocycles. The van der Waals surface area contributed by atoms with Crippen molar-refractivity contribution in [1.82, 2.24) is 15.1 Å². The molecule has 5 nitrogen and oxygen atoms in total. The van der Waals surface area contributed by atoms with Crippen LogP contribution in [0.4, 0.5) is 0 Å². The minimum absolute atomic E-state index is 0. The second-order valence-electron chi connectivity index (χ2n) is 8.19. The highest BCUT2D eigenvalue weighted by atomic mass is 127. The quantitative estimate of drug-likeness (QED) is 0.338. The van der Waals surface area contributed by atoms with Crippen LogP contribution in [0.5, 0.6) is 0 Å². The second kappa shape index (κ2) is 13.4. The van der Waals surface area contributed by atoms with Crippen LogP contribution < -0.4 is 5.32 Å². The Morgan fingerprint density at radius 2 is 1.83 bits per heavy atom. The van der Waals surface area contributed by atoms with Gasteiger partial charge in [-0.15, -0.1) is 24.0 Å². The number of nitrogens with zero attached hydrogens (tertiary/aromatic N) is 3. The van der Waals surface area contributed by atoms with Crippen molar-refractivity contribution in [2.24, 2.45) is 10.9 Å². The van der Waals surface area contributed by atoms with Crippen molar-refractivity contribution in [1.29, 1.82) is 0 Å². The maximum absolute atomic E-state index is 5.35. The van der Waals surface area contributed by atoms with Crippen molar-refractivity contribution >= 4 is 29.9 Å².